The molecule has 1 aromatic carbocycles. The number of thioether (sulfide) groups is 1. The van der Waals surface area contributed by atoms with Crippen LogP contribution in [-0.2, 0) is 27.9 Å². The zero-order valence-electron chi connectivity index (χ0n) is 22.4. The summed E-state index contributed by atoms with van der Waals surface area (Å²) in [6.07, 6.45) is 3.12. The lowest BCUT2D eigenvalue weighted by Gasteiger charge is -2.35. The Bertz CT molecular complexity index is 1540. The van der Waals surface area contributed by atoms with Crippen molar-refractivity contribution in [2.45, 2.75) is 33.2 Å². The molecule has 0 saturated carbocycles. The Morgan fingerprint density at radius 2 is 2.08 bits per heavy atom. The number of aromatic nitrogens is 1. The van der Waals surface area contributed by atoms with Crippen LogP contribution in [0, 0.1) is 24.2 Å². The average molecular weight is 581 g/mol. The van der Waals surface area contributed by atoms with Gasteiger partial charge in [-0.1, -0.05) is 30.0 Å². The second-order valence-corrected chi connectivity index (χ2v) is 11.4. The standard InChI is InChI=1S/C28H28N4O6S2/c1-4-36-27(35)18-6-5-9-31(14-18)24-19(16(2)20(12-29)25(33)30(24)3)11-23-26(34)32(28(39)40-23)13-17-7-8-21-22(10-17)38-15-37-21/h7-8,10-11,18H,4-6,9,13-15H2,1-3H3. The molecule has 5 rings (SSSR count). The van der Waals surface area contributed by atoms with Gasteiger partial charge in [0.25, 0.3) is 11.5 Å². The summed E-state index contributed by atoms with van der Waals surface area (Å²) in [5, 5.41) is 9.77. The highest BCUT2D eigenvalue weighted by atomic mass is 32.2. The zero-order valence-corrected chi connectivity index (χ0v) is 24.0. The first-order valence-electron chi connectivity index (χ1n) is 12.9. The van der Waals surface area contributed by atoms with Crippen molar-refractivity contribution in [2.24, 2.45) is 13.0 Å². The maximum absolute atomic E-state index is 13.6. The van der Waals surface area contributed by atoms with Crippen molar-refractivity contribution < 1.29 is 23.8 Å². The summed E-state index contributed by atoms with van der Waals surface area (Å²) in [5.74, 6) is 0.949. The van der Waals surface area contributed by atoms with Gasteiger partial charge >= 0.3 is 5.97 Å². The zero-order chi connectivity index (χ0) is 28.6. The number of carbonyl (C=O) groups excluding carboxylic acids is 2. The quantitative estimate of drug-likeness (QED) is 0.286. The number of rotatable bonds is 6. The normalized spacial score (nSPS) is 19.4. The number of pyridine rings is 1. The first kappa shape index (κ1) is 27.7. The topological polar surface area (TPSA) is 114 Å². The first-order chi connectivity index (χ1) is 19.2. The van der Waals surface area contributed by atoms with Crippen molar-refractivity contribution in [3.8, 4) is 17.6 Å². The molecule has 12 heteroatoms. The lowest BCUT2D eigenvalue weighted by molar-refractivity contribution is -0.148. The van der Waals surface area contributed by atoms with Gasteiger partial charge in [-0.25, -0.2) is 0 Å². The highest BCUT2D eigenvalue weighted by Crippen LogP contribution is 2.38. The van der Waals surface area contributed by atoms with E-state index < -0.39 is 5.56 Å². The smallest absolute Gasteiger partial charge is 0.310 e. The number of amides is 1. The molecule has 0 aliphatic carbocycles. The molecular formula is C28H28N4O6S2. The number of piperidine rings is 1. The number of hydrogen-bond acceptors (Lipinski definition) is 10. The van der Waals surface area contributed by atoms with Gasteiger partial charge in [-0.15, -0.1) is 0 Å². The van der Waals surface area contributed by atoms with E-state index in [1.165, 1.54) is 21.2 Å². The van der Waals surface area contributed by atoms with Crippen LogP contribution in [0.1, 0.15) is 42.0 Å². The molecular weight excluding hydrogens is 552 g/mol. The van der Waals surface area contributed by atoms with Crippen LogP contribution in [0.5, 0.6) is 11.5 Å². The highest BCUT2D eigenvalue weighted by molar-refractivity contribution is 8.26. The number of fused-ring (bicyclic) bond motifs is 1. The third-order valence-corrected chi connectivity index (χ3v) is 8.61. The summed E-state index contributed by atoms with van der Waals surface area (Å²) in [5.41, 5.74) is 1.46. The van der Waals surface area contributed by atoms with Crippen LogP contribution >= 0.6 is 24.0 Å². The maximum Gasteiger partial charge on any atom is 0.310 e. The van der Waals surface area contributed by atoms with Crippen molar-refractivity contribution in [1.82, 2.24) is 9.47 Å². The minimum Gasteiger partial charge on any atom is -0.466 e. The molecule has 3 aliphatic heterocycles. The maximum atomic E-state index is 13.6. The Kier molecular flexibility index (Phi) is 7.87. The molecule has 10 nitrogen and oxygen atoms in total. The predicted octanol–water partition coefficient (Wildman–Crippen LogP) is 3.48. The van der Waals surface area contributed by atoms with Crippen LogP contribution in [0.4, 0.5) is 5.82 Å². The Morgan fingerprint density at radius 1 is 1.30 bits per heavy atom. The van der Waals surface area contributed by atoms with Crippen LogP contribution in [-0.4, -0.2) is 52.2 Å². The number of hydrogen-bond donors (Lipinski definition) is 0. The molecule has 3 aliphatic rings. The van der Waals surface area contributed by atoms with Crippen LogP contribution in [0.25, 0.3) is 6.08 Å². The van der Waals surface area contributed by atoms with E-state index >= 15 is 0 Å². The molecule has 1 unspecified atom stereocenters. The SMILES string of the molecule is CCOC(=O)C1CCCN(c2c(C=C3SC(=S)N(Cc4ccc5c(c4)OCO5)C3=O)c(C)c(C#N)c(=O)n2C)C1. The van der Waals surface area contributed by atoms with Crippen LogP contribution in [0.2, 0.25) is 0 Å². The van der Waals surface area contributed by atoms with Gasteiger partial charge < -0.3 is 19.1 Å². The largest absolute Gasteiger partial charge is 0.466 e. The first-order valence-corrected chi connectivity index (χ1v) is 14.1. The van der Waals surface area contributed by atoms with E-state index in [0.29, 0.717) is 63.8 Å². The van der Waals surface area contributed by atoms with Crippen molar-refractivity contribution in [2.75, 3.05) is 31.4 Å². The molecule has 2 aromatic rings. The van der Waals surface area contributed by atoms with Gasteiger partial charge in [-0.05, 0) is 56.0 Å². The van der Waals surface area contributed by atoms with Gasteiger partial charge in [0.15, 0.2) is 11.5 Å². The molecule has 0 spiro atoms. The summed E-state index contributed by atoms with van der Waals surface area (Å²) in [6, 6.07) is 7.51. The summed E-state index contributed by atoms with van der Waals surface area (Å²) >= 11 is 6.74. The molecule has 1 amide bonds. The van der Waals surface area contributed by atoms with Crippen LogP contribution < -0.4 is 19.9 Å². The minimum atomic E-state index is -0.430. The Hall–Kier alpha value is -3.82. The summed E-state index contributed by atoms with van der Waals surface area (Å²) in [6.45, 7) is 5.16. The summed E-state index contributed by atoms with van der Waals surface area (Å²) in [7, 11) is 1.61. The number of benzene rings is 1. The monoisotopic (exact) mass is 580 g/mol. The molecule has 1 atom stereocenters. The Balaban J connectivity index is 1.51. The number of carbonyl (C=O) groups is 2. The van der Waals surface area contributed by atoms with Gasteiger partial charge in [-0.2, -0.15) is 5.26 Å². The van der Waals surface area contributed by atoms with Gasteiger partial charge in [0.1, 0.15) is 21.8 Å². The fourth-order valence-electron chi connectivity index (χ4n) is 5.21. The summed E-state index contributed by atoms with van der Waals surface area (Å²) < 4.78 is 17.9. The Morgan fingerprint density at radius 3 is 2.83 bits per heavy atom. The van der Waals surface area contributed by atoms with Crippen LogP contribution in [0.15, 0.2) is 27.9 Å². The van der Waals surface area contributed by atoms with Crippen molar-refractivity contribution in [1.29, 1.82) is 5.26 Å². The minimum absolute atomic E-state index is 0.00675. The lowest BCUT2D eigenvalue weighted by atomic mass is 9.96. The number of anilines is 1. The van der Waals surface area contributed by atoms with Crippen LogP contribution in [0.3, 0.4) is 0 Å². The fourth-order valence-corrected chi connectivity index (χ4v) is 6.44. The third-order valence-electron chi connectivity index (χ3n) is 7.24. The van der Waals surface area contributed by atoms with Gasteiger partial charge in [-0.3, -0.25) is 23.9 Å². The van der Waals surface area contributed by atoms with Crippen molar-refractivity contribution in [3.05, 3.63) is 55.7 Å². The molecule has 0 bridgehead atoms. The fraction of sp³-hybridized carbons (Fsp3) is 0.393. The summed E-state index contributed by atoms with van der Waals surface area (Å²) in [4.78, 5) is 43.1. The molecule has 0 N–H and O–H groups in total. The van der Waals surface area contributed by atoms with E-state index in [1.807, 2.05) is 23.1 Å². The van der Waals surface area contributed by atoms with E-state index in [2.05, 4.69) is 0 Å². The number of thiocarbonyl (C=S) groups is 1. The van der Waals surface area contributed by atoms with E-state index in [0.717, 1.165) is 12.0 Å². The number of nitrogens with zero attached hydrogens (tertiary/aromatic N) is 4. The van der Waals surface area contributed by atoms with Gasteiger partial charge in [0.2, 0.25) is 6.79 Å². The number of nitriles is 1. The van der Waals surface area contributed by atoms with Gasteiger partial charge in [0, 0.05) is 25.7 Å². The highest BCUT2D eigenvalue weighted by Gasteiger charge is 2.35. The number of esters is 1. The molecule has 1 aromatic heterocycles. The third kappa shape index (κ3) is 5.07. The van der Waals surface area contributed by atoms with E-state index in [1.54, 1.807) is 33.0 Å². The predicted molar refractivity (Wildman–Crippen MR) is 154 cm³/mol. The van der Waals surface area contributed by atoms with E-state index in [-0.39, 0.29) is 36.7 Å². The molecule has 208 valence electrons. The molecule has 0 radical (unpaired) electrons. The van der Waals surface area contributed by atoms with Crippen molar-refractivity contribution in [3.63, 3.8) is 0 Å². The molecule has 2 fully saturated rings. The Labute approximate surface area is 241 Å². The average Bonchev–Trinajstić information content (AvgIpc) is 3.52. The van der Waals surface area contributed by atoms with E-state index in [9.17, 15) is 19.6 Å². The van der Waals surface area contributed by atoms with Crippen molar-refractivity contribution >= 4 is 52.1 Å². The second kappa shape index (κ2) is 11.3. The van der Waals surface area contributed by atoms with E-state index in [4.69, 9.17) is 26.4 Å². The molecule has 4 heterocycles. The lowest BCUT2D eigenvalue weighted by Crippen LogP contribution is -2.42. The van der Waals surface area contributed by atoms with Gasteiger partial charge in [0.05, 0.1) is 24.0 Å². The second-order valence-electron chi connectivity index (χ2n) is 9.71. The number of ether oxygens (including phenoxy) is 3. The molecule has 40 heavy (non-hydrogen) atoms. The molecule has 2 saturated heterocycles.